The maximum Gasteiger partial charge on any atom is 0.285 e. The molecule has 2 rings (SSSR count). The summed E-state index contributed by atoms with van der Waals surface area (Å²) in [7, 11) is 0. The summed E-state index contributed by atoms with van der Waals surface area (Å²) in [5, 5.41) is 13.7. The van der Waals surface area contributed by atoms with Gasteiger partial charge in [0, 0.05) is 16.2 Å². The number of hydrogen-bond acceptors (Lipinski definition) is 3. The first-order valence-corrected chi connectivity index (χ1v) is 7.56. The molecule has 108 valence electrons. The first-order chi connectivity index (χ1) is 9.90. The van der Waals surface area contributed by atoms with Crippen molar-refractivity contribution in [3.63, 3.8) is 0 Å². The number of hydrogen-bond donors (Lipinski definition) is 1. The number of carbonyl (C=O) groups excluding carboxylic acids is 1. The molecular weight excluding hydrogens is 427 g/mol. The Morgan fingerprint density at radius 1 is 1.19 bits per heavy atom. The second-order valence-electron chi connectivity index (χ2n) is 3.98. The molecule has 5 nitrogen and oxygen atoms in total. The monoisotopic (exact) mass is 432 g/mol. The van der Waals surface area contributed by atoms with Gasteiger partial charge in [0.05, 0.1) is 20.0 Å². The van der Waals surface area contributed by atoms with E-state index in [4.69, 9.17) is 11.6 Å². The Bertz CT molecular complexity index is 737. The molecular formula is C13H7Br2ClN2O3. The van der Waals surface area contributed by atoms with Gasteiger partial charge in [0.15, 0.2) is 0 Å². The molecule has 0 aliphatic heterocycles. The zero-order valence-electron chi connectivity index (χ0n) is 10.3. The van der Waals surface area contributed by atoms with E-state index in [0.29, 0.717) is 14.6 Å². The van der Waals surface area contributed by atoms with Gasteiger partial charge in [-0.15, -0.1) is 0 Å². The Labute approximate surface area is 141 Å². The highest BCUT2D eigenvalue weighted by Crippen LogP contribution is 2.29. The Morgan fingerprint density at radius 3 is 2.57 bits per heavy atom. The van der Waals surface area contributed by atoms with E-state index in [0.717, 1.165) is 0 Å². The van der Waals surface area contributed by atoms with E-state index < -0.39 is 10.8 Å². The van der Waals surface area contributed by atoms with Crippen molar-refractivity contribution in [2.75, 3.05) is 5.32 Å². The van der Waals surface area contributed by atoms with Crippen molar-refractivity contribution < 1.29 is 9.72 Å². The molecule has 0 spiro atoms. The van der Waals surface area contributed by atoms with Crippen molar-refractivity contribution in [3.05, 3.63) is 66.0 Å². The summed E-state index contributed by atoms with van der Waals surface area (Å²) in [4.78, 5) is 22.5. The number of anilines is 1. The van der Waals surface area contributed by atoms with Crippen LogP contribution in [0.3, 0.4) is 0 Å². The van der Waals surface area contributed by atoms with Gasteiger partial charge in [-0.25, -0.2) is 0 Å². The van der Waals surface area contributed by atoms with Crippen LogP contribution in [0.5, 0.6) is 0 Å². The molecule has 1 N–H and O–H groups in total. The lowest BCUT2D eigenvalue weighted by molar-refractivity contribution is -0.385. The lowest BCUT2D eigenvalue weighted by Crippen LogP contribution is -2.12. The number of halogens is 3. The number of nitrogens with one attached hydrogen (secondary N) is 1. The highest BCUT2D eigenvalue weighted by Gasteiger charge is 2.16. The van der Waals surface area contributed by atoms with Gasteiger partial charge in [-0.3, -0.25) is 14.9 Å². The third kappa shape index (κ3) is 3.61. The number of nitrogens with zero attached hydrogens (tertiary/aromatic N) is 1. The molecule has 0 radical (unpaired) electrons. The van der Waals surface area contributed by atoms with Crippen LogP contribution < -0.4 is 5.32 Å². The molecule has 0 bridgehead atoms. The molecule has 21 heavy (non-hydrogen) atoms. The van der Waals surface area contributed by atoms with Crippen molar-refractivity contribution in [3.8, 4) is 0 Å². The summed E-state index contributed by atoms with van der Waals surface area (Å²) in [6, 6.07) is 9.28. The van der Waals surface area contributed by atoms with Crippen LogP contribution in [0.25, 0.3) is 0 Å². The third-order valence-electron chi connectivity index (χ3n) is 2.60. The second kappa shape index (κ2) is 6.55. The average Bonchev–Trinajstić information content (AvgIpc) is 2.43. The fourth-order valence-corrected chi connectivity index (χ4v) is 2.58. The smallest absolute Gasteiger partial charge is 0.285 e. The molecule has 0 saturated carbocycles. The summed E-state index contributed by atoms with van der Waals surface area (Å²) in [5.41, 5.74) is 0.454. The van der Waals surface area contributed by atoms with E-state index in [1.165, 1.54) is 12.1 Å². The Hall–Kier alpha value is -1.44. The van der Waals surface area contributed by atoms with Crippen LogP contribution in [0.15, 0.2) is 45.3 Å². The number of benzene rings is 2. The van der Waals surface area contributed by atoms with Gasteiger partial charge in [0.25, 0.3) is 11.6 Å². The van der Waals surface area contributed by atoms with Gasteiger partial charge in [0.1, 0.15) is 0 Å². The zero-order valence-corrected chi connectivity index (χ0v) is 14.2. The maximum atomic E-state index is 12.2. The molecule has 2 aromatic carbocycles. The van der Waals surface area contributed by atoms with Gasteiger partial charge in [-0.05, 0) is 56.1 Å². The van der Waals surface area contributed by atoms with Gasteiger partial charge < -0.3 is 5.32 Å². The molecule has 2 aromatic rings. The Kier molecular flexibility index (Phi) is 4.97. The van der Waals surface area contributed by atoms with Crippen LogP contribution in [0.4, 0.5) is 11.4 Å². The van der Waals surface area contributed by atoms with Gasteiger partial charge >= 0.3 is 0 Å². The molecule has 0 aliphatic carbocycles. The molecule has 0 unspecified atom stereocenters. The van der Waals surface area contributed by atoms with E-state index in [-0.39, 0.29) is 16.3 Å². The summed E-state index contributed by atoms with van der Waals surface area (Å²) in [6.07, 6.45) is 0. The van der Waals surface area contributed by atoms with Gasteiger partial charge in [0.2, 0.25) is 0 Å². The quantitative estimate of drug-likeness (QED) is 0.544. The number of rotatable bonds is 3. The standard InChI is InChI=1S/C13H7Br2ClN2O3/c14-9-5-4-7(6-11(9)18(20)21)17-13(19)8-2-1-3-10(15)12(8)16/h1-6H,(H,17,19). The molecule has 1 amide bonds. The number of carbonyl (C=O) groups is 1. The van der Waals surface area contributed by atoms with Gasteiger partial charge in [-0.2, -0.15) is 0 Å². The molecule has 0 aliphatic rings. The molecule has 0 aromatic heterocycles. The normalized spacial score (nSPS) is 10.2. The predicted octanol–water partition coefficient (Wildman–Crippen LogP) is 5.03. The summed E-state index contributed by atoms with van der Waals surface area (Å²) >= 11 is 12.4. The molecule has 0 saturated heterocycles. The van der Waals surface area contributed by atoms with Crippen molar-refractivity contribution in [2.24, 2.45) is 0 Å². The topological polar surface area (TPSA) is 72.2 Å². The Balaban J connectivity index is 2.30. The van der Waals surface area contributed by atoms with E-state index in [2.05, 4.69) is 37.2 Å². The molecule has 0 atom stereocenters. The van der Waals surface area contributed by atoms with Crippen molar-refractivity contribution >= 4 is 60.7 Å². The van der Waals surface area contributed by atoms with E-state index in [9.17, 15) is 14.9 Å². The number of nitro groups is 1. The van der Waals surface area contributed by atoms with Crippen LogP contribution in [-0.2, 0) is 0 Å². The van der Waals surface area contributed by atoms with Crippen LogP contribution in [0.1, 0.15) is 10.4 Å². The van der Waals surface area contributed by atoms with Crippen molar-refractivity contribution in [1.29, 1.82) is 0 Å². The highest BCUT2D eigenvalue weighted by molar-refractivity contribution is 9.11. The average molecular weight is 434 g/mol. The maximum absolute atomic E-state index is 12.2. The van der Waals surface area contributed by atoms with Crippen LogP contribution >= 0.6 is 43.5 Å². The number of amides is 1. The first kappa shape index (κ1) is 15.9. The van der Waals surface area contributed by atoms with E-state index >= 15 is 0 Å². The van der Waals surface area contributed by atoms with Gasteiger partial charge in [-0.1, -0.05) is 17.7 Å². The molecule has 0 fully saturated rings. The van der Waals surface area contributed by atoms with Crippen LogP contribution in [-0.4, -0.2) is 10.8 Å². The van der Waals surface area contributed by atoms with Crippen LogP contribution in [0.2, 0.25) is 5.02 Å². The SMILES string of the molecule is O=C(Nc1ccc(Br)c([N+](=O)[O-])c1)c1cccc(Br)c1Cl. The van der Waals surface area contributed by atoms with E-state index in [1.807, 2.05) is 0 Å². The van der Waals surface area contributed by atoms with Crippen molar-refractivity contribution in [2.45, 2.75) is 0 Å². The summed E-state index contributed by atoms with van der Waals surface area (Å²) in [6.45, 7) is 0. The van der Waals surface area contributed by atoms with Crippen LogP contribution in [0, 0.1) is 10.1 Å². The van der Waals surface area contributed by atoms with E-state index in [1.54, 1.807) is 24.3 Å². The zero-order chi connectivity index (χ0) is 15.6. The second-order valence-corrected chi connectivity index (χ2v) is 6.07. The number of nitro benzene ring substituents is 1. The van der Waals surface area contributed by atoms with Crippen molar-refractivity contribution in [1.82, 2.24) is 0 Å². The summed E-state index contributed by atoms with van der Waals surface area (Å²) in [5.74, 6) is -0.446. The first-order valence-electron chi connectivity index (χ1n) is 5.59. The minimum atomic E-state index is -0.536. The highest BCUT2D eigenvalue weighted by atomic mass is 79.9. The fourth-order valence-electron chi connectivity index (χ4n) is 1.61. The lowest BCUT2D eigenvalue weighted by Gasteiger charge is -2.08. The Morgan fingerprint density at radius 2 is 1.90 bits per heavy atom. The third-order valence-corrected chi connectivity index (χ3v) is 4.56. The molecule has 0 heterocycles. The predicted molar refractivity (Wildman–Crippen MR) is 87.9 cm³/mol. The summed E-state index contributed by atoms with van der Waals surface area (Å²) < 4.78 is 0.935. The minimum absolute atomic E-state index is 0.131. The largest absolute Gasteiger partial charge is 0.322 e. The molecule has 8 heteroatoms. The minimum Gasteiger partial charge on any atom is -0.322 e. The fraction of sp³-hybridized carbons (Fsp3) is 0. The lowest BCUT2D eigenvalue weighted by atomic mass is 10.2.